The SMILES string of the molecule is CCOc1cc([C@H]2NC(=O)NC(C)=C2C(=O)OC)ccc1OC[C@@H](O)N/N=C/c1ccccc1OCc1ccccc1C#N. The van der Waals surface area contributed by atoms with Gasteiger partial charge in [0, 0.05) is 16.8 Å². The number of nitriles is 1. The second-order valence-electron chi connectivity index (χ2n) is 9.51. The number of nitrogens with one attached hydrogen (secondary N) is 3. The van der Waals surface area contributed by atoms with Crippen LogP contribution in [0.4, 0.5) is 4.79 Å². The first-order valence-corrected chi connectivity index (χ1v) is 13.8. The third-order valence-corrected chi connectivity index (χ3v) is 6.54. The monoisotopic (exact) mass is 599 g/mol. The number of ether oxygens (including phenoxy) is 4. The molecule has 0 unspecified atom stereocenters. The molecule has 44 heavy (non-hydrogen) atoms. The van der Waals surface area contributed by atoms with E-state index < -0.39 is 24.3 Å². The predicted molar refractivity (Wildman–Crippen MR) is 161 cm³/mol. The van der Waals surface area contributed by atoms with Crippen molar-refractivity contribution in [3.8, 4) is 23.3 Å². The molecule has 0 bridgehead atoms. The number of allylic oxidation sites excluding steroid dienone is 1. The number of amides is 2. The second kappa shape index (κ2) is 15.1. The Labute approximate surface area is 254 Å². The Morgan fingerprint density at radius 1 is 1.09 bits per heavy atom. The minimum atomic E-state index is -1.17. The van der Waals surface area contributed by atoms with E-state index in [1.165, 1.54) is 13.3 Å². The number of aliphatic hydroxyl groups excluding tert-OH is 1. The number of aliphatic hydroxyl groups is 1. The van der Waals surface area contributed by atoms with E-state index in [1.807, 2.05) is 37.3 Å². The number of esters is 1. The molecule has 3 aromatic rings. The van der Waals surface area contributed by atoms with Gasteiger partial charge in [0.15, 0.2) is 17.7 Å². The van der Waals surface area contributed by atoms with Crippen molar-refractivity contribution in [2.75, 3.05) is 20.3 Å². The smallest absolute Gasteiger partial charge is 0.337 e. The highest BCUT2D eigenvalue weighted by Gasteiger charge is 2.32. The van der Waals surface area contributed by atoms with Gasteiger partial charge in [-0.1, -0.05) is 36.4 Å². The van der Waals surface area contributed by atoms with Gasteiger partial charge in [0.25, 0.3) is 0 Å². The molecule has 0 aliphatic carbocycles. The molecule has 1 heterocycles. The molecular formula is C32H33N5O7. The zero-order valence-electron chi connectivity index (χ0n) is 24.5. The molecule has 0 saturated carbocycles. The highest BCUT2D eigenvalue weighted by atomic mass is 16.5. The molecule has 2 amide bonds. The number of hydrogen-bond acceptors (Lipinski definition) is 10. The summed E-state index contributed by atoms with van der Waals surface area (Å²) in [5.74, 6) is 0.687. The fraction of sp³-hybridized carbons (Fsp3) is 0.250. The first-order valence-electron chi connectivity index (χ1n) is 13.8. The minimum Gasteiger partial charge on any atom is -0.490 e. The van der Waals surface area contributed by atoms with Crippen LogP contribution in [0.25, 0.3) is 0 Å². The summed E-state index contributed by atoms with van der Waals surface area (Å²) in [6.07, 6.45) is 0.341. The van der Waals surface area contributed by atoms with Gasteiger partial charge in [-0.15, -0.1) is 0 Å². The van der Waals surface area contributed by atoms with E-state index in [0.717, 1.165) is 5.56 Å². The molecule has 0 spiro atoms. The summed E-state index contributed by atoms with van der Waals surface area (Å²) in [4.78, 5) is 24.6. The van der Waals surface area contributed by atoms with Crippen molar-refractivity contribution in [1.82, 2.24) is 16.1 Å². The quantitative estimate of drug-likeness (QED) is 0.0994. The second-order valence-corrected chi connectivity index (χ2v) is 9.51. The maximum absolute atomic E-state index is 12.4. The summed E-state index contributed by atoms with van der Waals surface area (Å²) in [5.41, 5.74) is 5.82. The van der Waals surface area contributed by atoms with Crippen molar-refractivity contribution in [2.45, 2.75) is 32.7 Å². The number of hydrogen-bond donors (Lipinski definition) is 4. The van der Waals surface area contributed by atoms with Crippen molar-refractivity contribution in [3.05, 3.63) is 100 Å². The van der Waals surface area contributed by atoms with Crippen LogP contribution >= 0.6 is 0 Å². The zero-order valence-corrected chi connectivity index (χ0v) is 24.5. The number of carbonyl (C=O) groups is 2. The van der Waals surface area contributed by atoms with Gasteiger partial charge in [-0.2, -0.15) is 10.4 Å². The molecule has 1 aliphatic rings. The van der Waals surface area contributed by atoms with E-state index in [9.17, 15) is 20.0 Å². The van der Waals surface area contributed by atoms with E-state index >= 15 is 0 Å². The van der Waals surface area contributed by atoms with Crippen molar-refractivity contribution >= 4 is 18.2 Å². The summed E-state index contributed by atoms with van der Waals surface area (Å²) in [7, 11) is 1.27. The number of benzene rings is 3. The van der Waals surface area contributed by atoms with Gasteiger partial charge in [0.1, 0.15) is 19.0 Å². The molecule has 0 saturated heterocycles. The number of para-hydroxylation sites is 1. The first kappa shape index (κ1) is 31.4. The Kier molecular flexibility index (Phi) is 10.8. The van der Waals surface area contributed by atoms with Gasteiger partial charge in [0.05, 0.1) is 43.2 Å². The van der Waals surface area contributed by atoms with Gasteiger partial charge < -0.3 is 34.7 Å². The summed E-state index contributed by atoms with van der Waals surface area (Å²) in [5, 5.41) is 29.2. The number of methoxy groups -OCH3 is 1. The summed E-state index contributed by atoms with van der Waals surface area (Å²) < 4.78 is 22.4. The number of carbonyl (C=O) groups excluding carboxylic acids is 2. The van der Waals surface area contributed by atoms with Crippen LogP contribution < -0.4 is 30.3 Å². The average Bonchev–Trinajstić information content (AvgIpc) is 3.03. The Hall–Kier alpha value is -5.54. The van der Waals surface area contributed by atoms with Crippen LogP contribution in [0.15, 0.2) is 83.1 Å². The van der Waals surface area contributed by atoms with Crippen LogP contribution in [0.5, 0.6) is 17.2 Å². The Balaban J connectivity index is 1.39. The lowest BCUT2D eigenvalue weighted by Gasteiger charge is -2.28. The fourth-order valence-corrected chi connectivity index (χ4v) is 4.44. The topological polar surface area (TPSA) is 164 Å². The number of urea groups is 1. The molecule has 1 aliphatic heterocycles. The molecule has 4 rings (SSSR count). The van der Waals surface area contributed by atoms with E-state index in [4.69, 9.17) is 18.9 Å². The van der Waals surface area contributed by atoms with E-state index in [1.54, 1.807) is 43.3 Å². The molecular weight excluding hydrogens is 566 g/mol. The third-order valence-electron chi connectivity index (χ3n) is 6.54. The Morgan fingerprint density at radius 2 is 1.86 bits per heavy atom. The highest BCUT2D eigenvalue weighted by Crippen LogP contribution is 2.35. The molecule has 12 heteroatoms. The lowest BCUT2D eigenvalue weighted by Crippen LogP contribution is -2.45. The maximum Gasteiger partial charge on any atom is 0.337 e. The molecule has 0 radical (unpaired) electrons. The summed E-state index contributed by atoms with van der Waals surface area (Å²) >= 11 is 0. The Morgan fingerprint density at radius 3 is 2.64 bits per heavy atom. The number of hydrazone groups is 1. The van der Waals surface area contributed by atoms with Crippen LogP contribution in [-0.2, 0) is 16.1 Å². The Bertz CT molecular complexity index is 1600. The third kappa shape index (κ3) is 7.84. The lowest BCUT2D eigenvalue weighted by molar-refractivity contribution is -0.136. The highest BCUT2D eigenvalue weighted by molar-refractivity contribution is 5.95. The van der Waals surface area contributed by atoms with Gasteiger partial charge >= 0.3 is 12.0 Å². The van der Waals surface area contributed by atoms with E-state index in [-0.39, 0.29) is 18.8 Å². The number of rotatable bonds is 13. The van der Waals surface area contributed by atoms with Crippen LogP contribution in [-0.4, -0.2) is 49.9 Å². The fourth-order valence-electron chi connectivity index (χ4n) is 4.44. The summed E-state index contributed by atoms with van der Waals surface area (Å²) in [6.45, 7) is 3.80. The van der Waals surface area contributed by atoms with Crippen molar-refractivity contribution in [1.29, 1.82) is 5.26 Å². The largest absolute Gasteiger partial charge is 0.490 e. The molecule has 2 atom stereocenters. The summed E-state index contributed by atoms with van der Waals surface area (Å²) in [6, 6.07) is 20.4. The predicted octanol–water partition coefficient (Wildman–Crippen LogP) is 3.66. The van der Waals surface area contributed by atoms with Crippen LogP contribution in [0.1, 0.15) is 42.1 Å². The van der Waals surface area contributed by atoms with Gasteiger partial charge in [0.2, 0.25) is 0 Å². The zero-order chi connectivity index (χ0) is 31.5. The lowest BCUT2D eigenvalue weighted by atomic mass is 9.95. The molecule has 0 aromatic heterocycles. The standard InChI is InChI=1S/C32H33N5O7/c1-4-42-27-15-21(30-29(31(39)41-3)20(2)35-32(40)36-30)13-14-26(27)44-19-28(38)37-34-17-23-10-7-8-12-25(23)43-18-24-11-6-5-9-22(24)16-33/h5-15,17,28,30,37-38H,4,18-19H2,1-3H3,(H2,35,36,40)/b34-17+/t28-,30-/m1/s1. The average molecular weight is 600 g/mol. The number of nitrogens with zero attached hydrogens (tertiary/aromatic N) is 2. The normalized spacial score (nSPS) is 15.1. The van der Waals surface area contributed by atoms with Crippen molar-refractivity contribution in [2.24, 2.45) is 5.10 Å². The van der Waals surface area contributed by atoms with Gasteiger partial charge in [-0.3, -0.25) is 5.43 Å². The van der Waals surface area contributed by atoms with Crippen molar-refractivity contribution in [3.63, 3.8) is 0 Å². The molecule has 0 fully saturated rings. The van der Waals surface area contributed by atoms with Crippen LogP contribution in [0.3, 0.4) is 0 Å². The van der Waals surface area contributed by atoms with Gasteiger partial charge in [-0.05, 0) is 49.7 Å². The van der Waals surface area contributed by atoms with Gasteiger partial charge in [-0.25, -0.2) is 9.59 Å². The van der Waals surface area contributed by atoms with Crippen LogP contribution in [0.2, 0.25) is 0 Å². The first-order chi connectivity index (χ1) is 21.3. The maximum atomic E-state index is 12.4. The van der Waals surface area contributed by atoms with E-state index in [2.05, 4.69) is 27.2 Å². The van der Waals surface area contributed by atoms with Crippen molar-refractivity contribution < 1.29 is 33.6 Å². The molecule has 12 nitrogen and oxygen atoms in total. The minimum absolute atomic E-state index is 0.170. The van der Waals surface area contributed by atoms with E-state index in [0.29, 0.717) is 46.2 Å². The molecule has 228 valence electrons. The van der Waals surface area contributed by atoms with Crippen LogP contribution in [0, 0.1) is 11.3 Å². The molecule has 3 aromatic carbocycles. The molecule has 4 N–H and O–H groups in total.